The Labute approximate surface area is 81.4 Å². The quantitative estimate of drug-likeness (QED) is 0.772. The van der Waals surface area contributed by atoms with Crippen LogP contribution in [-0.4, -0.2) is 27.8 Å². The molecule has 1 aromatic heterocycles. The van der Waals surface area contributed by atoms with Gasteiger partial charge in [0.2, 0.25) is 0 Å². The molecule has 5 heteroatoms. The third kappa shape index (κ3) is 1.81. The van der Waals surface area contributed by atoms with E-state index in [0.717, 1.165) is 23.8 Å². The van der Waals surface area contributed by atoms with Gasteiger partial charge in [0.15, 0.2) is 0 Å². The summed E-state index contributed by atoms with van der Waals surface area (Å²) in [4.78, 5) is 2.28. The number of anilines is 1. The maximum absolute atomic E-state index is 9.02. The van der Waals surface area contributed by atoms with E-state index < -0.39 is 0 Å². The molecule has 72 valence electrons. The van der Waals surface area contributed by atoms with Gasteiger partial charge in [-0.25, -0.2) is 0 Å². The molecule has 0 radical (unpaired) electrons. The molecule has 4 nitrogen and oxygen atoms in total. The monoisotopic (exact) mass is 199 g/mol. The first-order valence-electron chi connectivity index (χ1n) is 4.59. The average molecular weight is 199 g/mol. The minimum atomic E-state index is 0.00231. The van der Waals surface area contributed by atoms with E-state index in [1.54, 1.807) is 0 Å². The number of piperidine rings is 1. The second kappa shape index (κ2) is 4.02. The predicted molar refractivity (Wildman–Crippen MR) is 51.9 cm³/mol. The van der Waals surface area contributed by atoms with Crippen molar-refractivity contribution in [1.29, 1.82) is 0 Å². The van der Waals surface area contributed by atoms with E-state index in [0.29, 0.717) is 0 Å². The van der Waals surface area contributed by atoms with Gasteiger partial charge in [-0.2, -0.15) is 0 Å². The molecular formula is C8H13N3OS. The molecule has 1 aromatic rings. The molecule has 0 amide bonds. The largest absolute Gasteiger partial charge is 0.390 e. The summed E-state index contributed by atoms with van der Waals surface area (Å²) >= 11 is 1.39. The van der Waals surface area contributed by atoms with Crippen LogP contribution in [0.3, 0.4) is 0 Å². The standard InChI is InChI=1S/C8H13N3OS/c12-6-7-8(13-10-9-7)11-4-2-1-3-5-11/h12H,1-6H2. The number of aliphatic hydroxyl groups excluding tert-OH is 1. The Kier molecular flexibility index (Phi) is 2.75. The van der Waals surface area contributed by atoms with Crippen molar-refractivity contribution < 1.29 is 5.11 Å². The van der Waals surface area contributed by atoms with Crippen LogP contribution in [0.5, 0.6) is 0 Å². The second-order valence-corrected chi connectivity index (χ2v) is 3.96. The van der Waals surface area contributed by atoms with Gasteiger partial charge in [-0.1, -0.05) is 4.49 Å². The van der Waals surface area contributed by atoms with Gasteiger partial charge >= 0.3 is 0 Å². The zero-order valence-electron chi connectivity index (χ0n) is 7.44. The molecule has 0 atom stereocenters. The number of aromatic nitrogens is 2. The summed E-state index contributed by atoms with van der Waals surface area (Å²) in [7, 11) is 0. The van der Waals surface area contributed by atoms with Crippen LogP contribution in [0.2, 0.25) is 0 Å². The topological polar surface area (TPSA) is 49.3 Å². The molecular weight excluding hydrogens is 186 g/mol. The highest BCUT2D eigenvalue weighted by atomic mass is 32.1. The SMILES string of the molecule is OCc1nnsc1N1CCCCC1. The molecule has 1 fully saturated rings. The van der Waals surface area contributed by atoms with Gasteiger partial charge < -0.3 is 10.0 Å². The molecule has 0 spiro atoms. The number of aliphatic hydroxyl groups is 1. The van der Waals surface area contributed by atoms with Crippen LogP contribution in [0.1, 0.15) is 25.0 Å². The van der Waals surface area contributed by atoms with Crippen molar-refractivity contribution in [2.24, 2.45) is 0 Å². The Bertz CT molecular complexity index is 270. The summed E-state index contributed by atoms with van der Waals surface area (Å²) in [5.74, 6) is 0. The Balaban J connectivity index is 2.13. The van der Waals surface area contributed by atoms with Crippen LogP contribution < -0.4 is 4.90 Å². The molecule has 1 aliphatic rings. The van der Waals surface area contributed by atoms with Crippen molar-refractivity contribution in [1.82, 2.24) is 9.59 Å². The normalized spacial score (nSPS) is 17.8. The second-order valence-electron chi connectivity index (χ2n) is 3.23. The number of hydrogen-bond donors (Lipinski definition) is 1. The van der Waals surface area contributed by atoms with Crippen LogP contribution in [0, 0.1) is 0 Å². The molecule has 1 saturated heterocycles. The van der Waals surface area contributed by atoms with Crippen molar-refractivity contribution >= 4 is 16.5 Å². The highest BCUT2D eigenvalue weighted by molar-refractivity contribution is 7.10. The fraction of sp³-hybridized carbons (Fsp3) is 0.750. The van der Waals surface area contributed by atoms with E-state index in [1.807, 2.05) is 0 Å². The molecule has 0 bridgehead atoms. The van der Waals surface area contributed by atoms with Crippen LogP contribution >= 0.6 is 11.5 Å². The first-order valence-corrected chi connectivity index (χ1v) is 5.36. The van der Waals surface area contributed by atoms with Crippen molar-refractivity contribution in [2.75, 3.05) is 18.0 Å². The van der Waals surface area contributed by atoms with Gasteiger partial charge in [0, 0.05) is 24.6 Å². The molecule has 1 aliphatic heterocycles. The predicted octanol–water partition coefficient (Wildman–Crippen LogP) is 1.02. The molecule has 0 unspecified atom stereocenters. The van der Waals surface area contributed by atoms with Gasteiger partial charge in [-0.05, 0) is 19.3 Å². The molecule has 0 aromatic carbocycles. The van der Waals surface area contributed by atoms with Crippen molar-refractivity contribution in [3.05, 3.63) is 5.69 Å². The molecule has 0 saturated carbocycles. The molecule has 13 heavy (non-hydrogen) atoms. The maximum atomic E-state index is 9.02. The summed E-state index contributed by atoms with van der Waals surface area (Å²) in [6.45, 7) is 2.16. The zero-order chi connectivity index (χ0) is 9.10. The fourth-order valence-corrected chi connectivity index (χ4v) is 2.37. The Morgan fingerprint density at radius 1 is 1.31 bits per heavy atom. The van der Waals surface area contributed by atoms with Gasteiger partial charge in [0.05, 0.1) is 6.61 Å². The lowest BCUT2D eigenvalue weighted by atomic mass is 10.1. The van der Waals surface area contributed by atoms with Crippen molar-refractivity contribution in [2.45, 2.75) is 25.9 Å². The first kappa shape index (κ1) is 8.90. The van der Waals surface area contributed by atoms with E-state index in [2.05, 4.69) is 14.5 Å². The van der Waals surface area contributed by atoms with Gasteiger partial charge in [0.25, 0.3) is 0 Å². The lowest BCUT2D eigenvalue weighted by Gasteiger charge is -2.27. The van der Waals surface area contributed by atoms with Crippen LogP contribution in [0.25, 0.3) is 0 Å². The number of rotatable bonds is 2. The number of hydrogen-bond acceptors (Lipinski definition) is 5. The highest BCUT2D eigenvalue weighted by Gasteiger charge is 2.16. The Morgan fingerprint density at radius 2 is 2.08 bits per heavy atom. The minimum Gasteiger partial charge on any atom is -0.390 e. The third-order valence-corrected chi connectivity index (χ3v) is 3.16. The summed E-state index contributed by atoms with van der Waals surface area (Å²) in [6, 6.07) is 0. The van der Waals surface area contributed by atoms with Crippen molar-refractivity contribution in [3.8, 4) is 0 Å². The zero-order valence-corrected chi connectivity index (χ0v) is 8.26. The van der Waals surface area contributed by atoms with Crippen LogP contribution in [0.4, 0.5) is 5.00 Å². The van der Waals surface area contributed by atoms with Crippen molar-refractivity contribution in [3.63, 3.8) is 0 Å². The molecule has 2 heterocycles. The lowest BCUT2D eigenvalue weighted by molar-refractivity contribution is 0.276. The van der Waals surface area contributed by atoms with Gasteiger partial charge in [-0.3, -0.25) is 0 Å². The van der Waals surface area contributed by atoms with E-state index in [4.69, 9.17) is 5.11 Å². The maximum Gasteiger partial charge on any atom is 0.138 e. The summed E-state index contributed by atoms with van der Waals surface area (Å²) in [5, 5.41) is 14.0. The average Bonchev–Trinajstić information content (AvgIpc) is 2.67. The van der Waals surface area contributed by atoms with Gasteiger partial charge in [0.1, 0.15) is 10.7 Å². The van der Waals surface area contributed by atoms with Gasteiger partial charge in [-0.15, -0.1) is 5.10 Å². The minimum absolute atomic E-state index is 0.00231. The Hall–Kier alpha value is -0.680. The molecule has 1 N–H and O–H groups in total. The summed E-state index contributed by atoms with van der Waals surface area (Å²) in [5.41, 5.74) is 0.729. The van der Waals surface area contributed by atoms with E-state index in [1.165, 1.54) is 30.8 Å². The highest BCUT2D eigenvalue weighted by Crippen LogP contribution is 2.26. The fourth-order valence-electron chi connectivity index (χ4n) is 1.64. The number of nitrogens with zero attached hydrogens (tertiary/aromatic N) is 3. The Morgan fingerprint density at radius 3 is 2.77 bits per heavy atom. The first-order chi connectivity index (χ1) is 6.42. The summed E-state index contributed by atoms with van der Waals surface area (Å²) in [6.07, 6.45) is 3.79. The van der Waals surface area contributed by atoms with Crippen LogP contribution in [0.15, 0.2) is 0 Å². The van der Waals surface area contributed by atoms with E-state index in [-0.39, 0.29) is 6.61 Å². The summed E-state index contributed by atoms with van der Waals surface area (Å²) < 4.78 is 3.86. The lowest BCUT2D eigenvalue weighted by Crippen LogP contribution is -2.29. The van der Waals surface area contributed by atoms with E-state index in [9.17, 15) is 0 Å². The molecule has 2 rings (SSSR count). The smallest absolute Gasteiger partial charge is 0.138 e. The van der Waals surface area contributed by atoms with Crippen LogP contribution in [-0.2, 0) is 6.61 Å². The van der Waals surface area contributed by atoms with E-state index >= 15 is 0 Å². The third-order valence-electron chi connectivity index (χ3n) is 2.33. The molecule has 0 aliphatic carbocycles.